The number of hydrogen-bond acceptors (Lipinski definition) is 4. The lowest BCUT2D eigenvalue weighted by Crippen LogP contribution is -2.12. The van der Waals surface area contributed by atoms with Crippen LogP contribution in [0.5, 0.6) is 0 Å². The van der Waals surface area contributed by atoms with Gasteiger partial charge in [-0.05, 0) is 38.0 Å². The number of nitrogens with one attached hydrogen (secondary N) is 1. The van der Waals surface area contributed by atoms with Crippen molar-refractivity contribution in [3.63, 3.8) is 0 Å². The van der Waals surface area contributed by atoms with Crippen molar-refractivity contribution in [1.29, 1.82) is 0 Å². The average Bonchev–Trinajstić information content (AvgIpc) is 2.69. The lowest BCUT2D eigenvalue weighted by atomic mass is 10.1. The zero-order valence-electron chi connectivity index (χ0n) is 11.1. The molecule has 1 heterocycles. The average molecular weight is 259 g/mol. The summed E-state index contributed by atoms with van der Waals surface area (Å²) in [7, 11) is 0. The van der Waals surface area contributed by atoms with Crippen LogP contribution in [0.3, 0.4) is 0 Å². The van der Waals surface area contributed by atoms with Crippen molar-refractivity contribution in [2.45, 2.75) is 26.7 Å². The third kappa shape index (κ3) is 3.34. The van der Waals surface area contributed by atoms with Crippen LogP contribution in [0.25, 0.3) is 0 Å². The smallest absolute Gasteiger partial charge is 0.234 e. The molecule has 5 heteroatoms. The van der Waals surface area contributed by atoms with Gasteiger partial charge in [0.15, 0.2) is 0 Å². The summed E-state index contributed by atoms with van der Waals surface area (Å²) in [5, 5.41) is 6.51. The number of amides is 1. The van der Waals surface area contributed by atoms with E-state index in [1.165, 1.54) is 0 Å². The first-order valence-electron chi connectivity index (χ1n) is 6.13. The van der Waals surface area contributed by atoms with Crippen LogP contribution in [-0.4, -0.2) is 11.1 Å². The Balaban J connectivity index is 1.90. The molecule has 0 saturated carbocycles. The highest BCUT2D eigenvalue weighted by Gasteiger charge is 2.11. The van der Waals surface area contributed by atoms with E-state index < -0.39 is 0 Å². The van der Waals surface area contributed by atoms with Crippen LogP contribution < -0.4 is 11.1 Å². The second kappa shape index (κ2) is 5.56. The van der Waals surface area contributed by atoms with E-state index in [1.807, 2.05) is 38.1 Å². The van der Waals surface area contributed by atoms with Crippen LogP contribution >= 0.6 is 0 Å². The Morgan fingerprint density at radius 1 is 1.42 bits per heavy atom. The fraction of sp³-hybridized carbons (Fsp3) is 0.286. The van der Waals surface area contributed by atoms with Crippen LogP contribution in [0, 0.1) is 13.8 Å². The number of anilines is 2. The SMILES string of the molecule is Cc1noc(NC(=O)CCc2cccc(N)c2)c1C. The molecule has 0 atom stereocenters. The number of nitrogens with two attached hydrogens (primary N) is 1. The molecule has 3 N–H and O–H groups in total. The van der Waals surface area contributed by atoms with Gasteiger partial charge in [-0.1, -0.05) is 17.3 Å². The molecule has 100 valence electrons. The number of hydrogen-bond donors (Lipinski definition) is 2. The summed E-state index contributed by atoms with van der Waals surface area (Å²) in [5.41, 5.74) is 9.08. The Bertz CT molecular complexity index is 590. The van der Waals surface area contributed by atoms with E-state index in [1.54, 1.807) is 0 Å². The van der Waals surface area contributed by atoms with Gasteiger partial charge >= 0.3 is 0 Å². The first-order chi connectivity index (χ1) is 9.06. The summed E-state index contributed by atoms with van der Waals surface area (Å²) in [6, 6.07) is 7.53. The summed E-state index contributed by atoms with van der Waals surface area (Å²) in [5.74, 6) is 0.330. The lowest BCUT2D eigenvalue weighted by Gasteiger charge is -2.03. The van der Waals surface area contributed by atoms with Gasteiger partial charge in [0.2, 0.25) is 11.8 Å². The second-order valence-corrected chi connectivity index (χ2v) is 4.52. The van der Waals surface area contributed by atoms with Crippen LogP contribution in [0.4, 0.5) is 11.6 Å². The largest absolute Gasteiger partial charge is 0.399 e. The van der Waals surface area contributed by atoms with Gasteiger partial charge in [-0.25, -0.2) is 0 Å². The Labute approximate surface area is 111 Å². The van der Waals surface area contributed by atoms with Crippen molar-refractivity contribution in [3.8, 4) is 0 Å². The Hall–Kier alpha value is -2.30. The third-order valence-corrected chi connectivity index (χ3v) is 3.00. The van der Waals surface area contributed by atoms with Gasteiger partial charge in [0.05, 0.1) is 5.69 Å². The van der Waals surface area contributed by atoms with E-state index in [-0.39, 0.29) is 5.91 Å². The van der Waals surface area contributed by atoms with Crippen molar-refractivity contribution < 1.29 is 9.32 Å². The molecular formula is C14H17N3O2. The van der Waals surface area contributed by atoms with Gasteiger partial charge < -0.3 is 10.3 Å². The molecule has 0 aliphatic carbocycles. The predicted molar refractivity (Wildman–Crippen MR) is 73.8 cm³/mol. The summed E-state index contributed by atoms with van der Waals surface area (Å²) in [6.07, 6.45) is 1.02. The maximum Gasteiger partial charge on any atom is 0.234 e. The van der Waals surface area contributed by atoms with Gasteiger partial charge in [-0.3, -0.25) is 10.1 Å². The first kappa shape index (κ1) is 13.1. The van der Waals surface area contributed by atoms with E-state index in [4.69, 9.17) is 10.3 Å². The topological polar surface area (TPSA) is 81.2 Å². The fourth-order valence-corrected chi connectivity index (χ4v) is 1.73. The highest BCUT2D eigenvalue weighted by molar-refractivity contribution is 5.90. The van der Waals surface area contributed by atoms with E-state index in [0.29, 0.717) is 24.4 Å². The van der Waals surface area contributed by atoms with Crippen molar-refractivity contribution in [1.82, 2.24) is 5.16 Å². The van der Waals surface area contributed by atoms with E-state index in [9.17, 15) is 4.79 Å². The van der Waals surface area contributed by atoms with Crippen molar-refractivity contribution in [2.75, 3.05) is 11.1 Å². The minimum Gasteiger partial charge on any atom is -0.399 e. The van der Waals surface area contributed by atoms with Crippen molar-refractivity contribution in [2.24, 2.45) is 0 Å². The second-order valence-electron chi connectivity index (χ2n) is 4.52. The number of aryl methyl sites for hydroxylation is 2. The lowest BCUT2D eigenvalue weighted by molar-refractivity contribution is -0.116. The molecule has 2 aromatic rings. The van der Waals surface area contributed by atoms with Gasteiger partial charge in [0.1, 0.15) is 0 Å². The Morgan fingerprint density at radius 3 is 2.84 bits per heavy atom. The molecule has 19 heavy (non-hydrogen) atoms. The minimum atomic E-state index is -0.0957. The number of rotatable bonds is 4. The highest BCUT2D eigenvalue weighted by atomic mass is 16.5. The fourth-order valence-electron chi connectivity index (χ4n) is 1.73. The van der Waals surface area contributed by atoms with Crippen LogP contribution in [0.15, 0.2) is 28.8 Å². The van der Waals surface area contributed by atoms with Crippen LogP contribution in [-0.2, 0) is 11.2 Å². The van der Waals surface area contributed by atoms with Crippen molar-refractivity contribution >= 4 is 17.5 Å². The minimum absolute atomic E-state index is 0.0957. The van der Waals surface area contributed by atoms with Crippen molar-refractivity contribution in [3.05, 3.63) is 41.1 Å². The number of nitrogens with zero attached hydrogens (tertiary/aromatic N) is 1. The Morgan fingerprint density at radius 2 is 2.21 bits per heavy atom. The Kier molecular flexibility index (Phi) is 3.85. The molecular weight excluding hydrogens is 242 g/mol. The molecule has 1 aromatic heterocycles. The number of carbonyl (C=O) groups excluding carboxylic acids is 1. The molecule has 0 bridgehead atoms. The number of benzene rings is 1. The predicted octanol–water partition coefficient (Wildman–Crippen LogP) is 2.44. The quantitative estimate of drug-likeness (QED) is 0.826. The number of nitrogen functional groups attached to an aromatic ring is 1. The van der Waals surface area contributed by atoms with E-state index >= 15 is 0 Å². The summed E-state index contributed by atoms with van der Waals surface area (Å²) < 4.78 is 5.03. The normalized spacial score (nSPS) is 10.4. The first-order valence-corrected chi connectivity index (χ1v) is 6.13. The van der Waals surface area contributed by atoms with Gasteiger partial charge in [0, 0.05) is 17.7 Å². The van der Waals surface area contributed by atoms with Gasteiger partial charge in [0.25, 0.3) is 0 Å². The standard InChI is InChI=1S/C14H17N3O2/c1-9-10(2)17-19-14(9)16-13(18)7-6-11-4-3-5-12(15)8-11/h3-5,8H,6-7,15H2,1-2H3,(H,16,18). The highest BCUT2D eigenvalue weighted by Crippen LogP contribution is 2.17. The summed E-state index contributed by atoms with van der Waals surface area (Å²) >= 11 is 0. The van der Waals surface area contributed by atoms with Gasteiger partial charge in [-0.15, -0.1) is 0 Å². The molecule has 0 aliphatic rings. The molecule has 0 spiro atoms. The zero-order chi connectivity index (χ0) is 13.8. The number of carbonyl (C=O) groups is 1. The molecule has 2 rings (SSSR count). The zero-order valence-corrected chi connectivity index (χ0v) is 11.1. The maximum atomic E-state index is 11.8. The molecule has 1 aromatic carbocycles. The molecule has 1 amide bonds. The van der Waals surface area contributed by atoms with Gasteiger partial charge in [-0.2, -0.15) is 0 Å². The molecule has 0 radical (unpaired) electrons. The molecule has 0 fully saturated rings. The van der Waals surface area contributed by atoms with Crippen LogP contribution in [0.2, 0.25) is 0 Å². The molecule has 0 aliphatic heterocycles. The van der Waals surface area contributed by atoms with Crippen LogP contribution in [0.1, 0.15) is 23.2 Å². The maximum absolute atomic E-state index is 11.8. The molecule has 0 saturated heterocycles. The van der Waals surface area contributed by atoms with E-state index in [0.717, 1.165) is 16.8 Å². The molecule has 0 unspecified atom stereocenters. The summed E-state index contributed by atoms with van der Waals surface area (Å²) in [6.45, 7) is 3.70. The third-order valence-electron chi connectivity index (χ3n) is 3.00. The number of aromatic nitrogens is 1. The van der Waals surface area contributed by atoms with E-state index in [2.05, 4.69) is 10.5 Å². The summed E-state index contributed by atoms with van der Waals surface area (Å²) in [4.78, 5) is 11.8. The molecule has 5 nitrogen and oxygen atoms in total. The monoisotopic (exact) mass is 259 g/mol.